The molecule has 4 N–H and O–H groups in total. The summed E-state index contributed by atoms with van der Waals surface area (Å²) in [7, 11) is 0. The molecular weight excluding hydrogens is 549 g/mol. The summed E-state index contributed by atoms with van der Waals surface area (Å²) in [5.41, 5.74) is -0.617. The number of halogens is 7. The Balaban J connectivity index is 0.000000673. The lowest BCUT2D eigenvalue weighted by Crippen LogP contribution is -2.46. The standard InChI is InChI=1S/C20H20F4N4O4.C2HF3O2/c21-9-16(29)15(8-17(30)31)27-19(32)13-10-26-14-7-11(20(22,23)24)1-2-12(14)18(13)28-5-3-25-4-6-28;3-2(4,5)1(6)7/h1-2,7,10,15,25H,3-6,8-9H2,(H,27,32)(H,30,31);(H,6,7). The monoisotopic (exact) mass is 570 g/mol. The Morgan fingerprint density at radius 1 is 1.05 bits per heavy atom. The quantitative estimate of drug-likeness (QED) is 0.368. The van der Waals surface area contributed by atoms with Crippen molar-refractivity contribution >= 4 is 40.2 Å². The van der Waals surface area contributed by atoms with Gasteiger partial charge in [-0.2, -0.15) is 26.3 Å². The van der Waals surface area contributed by atoms with Crippen LogP contribution in [0.4, 0.5) is 36.4 Å². The highest BCUT2D eigenvalue weighted by Crippen LogP contribution is 2.35. The fourth-order valence-corrected chi connectivity index (χ4v) is 3.50. The molecule has 3 rings (SSSR count). The lowest BCUT2D eigenvalue weighted by Gasteiger charge is -2.32. The second-order valence-corrected chi connectivity index (χ2v) is 8.01. The number of benzene rings is 1. The van der Waals surface area contributed by atoms with Gasteiger partial charge >= 0.3 is 24.3 Å². The number of piperazine rings is 1. The first-order chi connectivity index (χ1) is 18.1. The number of carboxylic acids is 2. The van der Waals surface area contributed by atoms with Gasteiger partial charge in [0.05, 0.1) is 28.8 Å². The third kappa shape index (κ3) is 8.49. The molecule has 1 aromatic heterocycles. The number of carbonyl (C=O) groups excluding carboxylic acids is 2. The average molecular weight is 570 g/mol. The second-order valence-electron chi connectivity index (χ2n) is 8.01. The molecule has 1 amide bonds. The van der Waals surface area contributed by atoms with E-state index in [1.54, 1.807) is 4.90 Å². The summed E-state index contributed by atoms with van der Waals surface area (Å²) in [5.74, 6) is -6.14. The minimum Gasteiger partial charge on any atom is -0.481 e. The van der Waals surface area contributed by atoms with Crippen LogP contribution in [0.5, 0.6) is 0 Å². The summed E-state index contributed by atoms with van der Waals surface area (Å²) >= 11 is 0. The van der Waals surface area contributed by atoms with E-state index < -0.39 is 60.7 Å². The molecule has 0 radical (unpaired) electrons. The predicted molar refractivity (Wildman–Crippen MR) is 120 cm³/mol. The molecule has 2 heterocycles. The fraction of sp³-hybridized carbons (Fsp3) is 0.409. The number of rotatable bonds is 7. The molecule has 1 saturated heterocycles. The minimum absolute atomic E-state index is 0.0202. The first-order valence-electron chi connectivity index (χ1n) is 10.9. The number of ketones is 1. The van der Waals surface area contributed by atoms with Crippen LogP contribution >= 0.6 is 0 Å². The first-order valence-corrected chi connectivity index (χ1v) is 10.9. The van der Waals surface area contributed by atoms with Crippen molar-refractivity contribution in [2.45, 2.75) is 24.8 Å². The van der Waals surface area contributed by atoms with Crippen LogP contribution in [-0.2, 0) is 20.6 Å². The molecule has 10 nitrogen and oxygen atoms in total. The van der Waals surface area contributed by atoms with Crippen LogP contribution in [0.25, 0.3) is 10.9 Å². The zero-order chi connectivity index (χ0) is 29.5. The van der Waals surface area contributed by atoms with E-state index in [0.717, 1.165) is 18.3 Å². The highest BCUT2D eigenvalue weighted by molar-refractivity contribution is 6.09. The predicted octanol–water partition coefficient (Wildman–Crippen LogP) is 2.41. The Hall–Kier alpha value is -4.02. The van der Waals surface area contributed by atoms with Crippen LogP contribution < -0.4 is 15.5 Å². The van der Waals surface area contributed by atoms with Gasteiger partial charge in [0.2, 0.25) is 0 Å². The third-order valence-corrected chi connectivity index (χ3v) is 5.29. The maximum atomic E-state index is 13.1. The number of carboxylic acid groups (broad SMARTS) is 2. The molecule has 0 spiro atoms. The van der Waals surface area contributed by atoms with Gasteiger partial charge in [0.1, 0.15) is 12.7 Å². The van der Waals surface area contributed by atoms with Crippen LogP contribution in [-0.4, -0.2) is 83.9 Å². The van der Waals surface area contributed by atoms with Crippen molar-refractivity contribution in [2.75, 3.05) is 37.8 Å². The summed E-state index contributed by atoms with van der Waals surface area (Å²) in [6.07, 6.45) is -9.39. The van der Waals surface area contributed by atoms with Crippen LogP contribution in [0.15, 0.2) is 24.4 Å². The Labute approximate surface area is 214 Å². The number of nitrogens with one attached hydrogen (secondary N) is 2. The molecule has 1 aliphatic heterocycles. The lowest BCUT2D eigenvalue weighted by atomic mass is 10.0. The summed E-state index contributed by atoms with van der Waals surface area (Å²) in [4.78, 5) is 50.4. The van der Waals surface area contributed by atoms with Gasteiger partial charge in [0.15, 0.2) is 5.78 Å². The number of hydrogen-bond donors (Lipinski definition) is 4. The number of Topliss-reactive ketones (excluding diaryl/α,β-unsaturated/α-hetero) is 1. The Bertz CT molecular complexity index is 1230. The van der Waals surface area contributed by atoms with Crippen molar-refractivity contribution in [1.82, 2.24) is 15.6 Å². The van der Waals surface area contributed by atoms with Crippen LogP contribution in [0.1, 0.15) is 22.3 Å². The molecule has 1 aromatic carbocycles. The molecule has 0 saturated carbocycles. The number of alkyl halides is 7. The molecule has 2 aromatic rings. The van der Waals surface area contributed by atoms with E-state index in [2.05, 4.69) is 15.6 Å². The van der Waals surface area contributed by atoms with Gasteiger partial charge in [-0.15, -0.1) is 0 Å². The maximum absolute atomic E-state index is 13.1. The van der Waals surface area contributed by atoms with Crippen LogP contribution in [0.3, 0.4) is 0 Å². The van der Waals surface area contributed by atoms with E-state index in [0.29, 0.717) is 37.3 Å². The number of hydrogen-bond acceptors (Lipinski definition) is 7. The molecule has 1 unspecified atom stereocenters. The van der Waals surface area contributed by atoms with Crippen molar-refractivity contribution in [3.8, 4) is 0 Å². The molecule has 1 atom stereocenters. The number of fused-ring (bicyclic) bond motifs is 1. The molecule has 17 heteroatoms. The van der Waals surface area contributed by atoms with Crippen molar-refractivity contribution in [2.24, 2.45) is 0 Å². The lowest BCUT2D eigenvalue weighted by molar-refractivity contribution is -0.192. The number of nitrogens with zero attached hydrogens (tertiary/aromatic N) is 2. The van der Waals surface area contributed by atoms with Gasteiger partial charge in [-0.1, -0.05) is 6.07 Å². The fourth-order valence-electron chi connectivity index (χ4n) is 3.50. The van der Waals surface area contributed by atoms with E-state index >= 15 is 0 Å². The molecule has 39 heavy (non-hydrogen) atoms. The largest absolute Gasteiger partial charge is 0.490 e. The van der Waals surface area contributed by atoms with Gasteiger partial charge in [-0.05, 0) is 12.1 Å². The smallest absolute Gasteiger partial charge is 0.481 e. The van der Waals surface area contributed by atoms with Crippen molar-refractivity contribution < 1.29 is 60.1 Å². The van der Waals surface area contributed by atoms with Gasteiger partial charge in [0, 0.05) is 37.8 Å². The number of anilines is 1. The first kappa shape index (κ1) is 31.2. The van der Waals surface area contributed by atoms with E-state index in [9.17, 15) is 45.1 Å². The molecule has 214 valence electrons. The number of carbonyl (C=O) groups is 4. The van der Waals surface area contributed by atoms with Gasteiger partial charge < -0.3 is 25.7 Å². The maximum Gasteiger partial charge on any atom is 0.490 e. The number of aromatic nitrogens is 1. The van der Waals surface area contributed by atoms with Gasteiger partial charge in [-0.3, -0.25) is 19.4 Å². The topological polar surface area (TPSA) is 149 Å². The molecule has 1 aliphatic rings. The van der Waals surface area contributed by atoms with Crippen LogP contribution in [0.2, 0.25) is 0 Å². The number of pyridine rings is 1. The van der Waals surface area contributed by atoms with E-state index in [1.165, 1.54) is 6.07 Å². The average Bonchev–Trinajstić information content (AvgIpc) is 2.86. The summed E-state index contributed by atoms with van der Waals surface area (Å²) in [6, 6.07) is 1.39. The molecule has 1 fully saturated rings. The zero-order valence-corrected chi connectivity index (χ0v) is 19.7. The zero-order valence-electron chi connectivity index (χ0n) is 19.7. The minimum atomic E-state index is -5.08. The summed E-state index contributed by atoms with van der Waals surface area (Å²) in [6.45, 7) is 0.560. The van der Waals surface area contributed by atoms with E-state index in [1.807, 2.05) is 0 Å². The molecular formula is C22H21F7N4O6. The molecule has 0 aliphatic carbocycles. The van der Waals surface area contributed by atoms with Gasteiger partial charge in [0.25, 0.3) is 5.91 Å². The Kier molecular flexibility index (Phi) is 10.1. The third-order valence-electron chi connectivity index (χ3n) is 5.29. The van der Waals surface area contributed by atoms with Crippen LogP contribution in [0, 0.1) is 0 Å². The van der Waals surface area contributed by atoms with Crippen molar-refractivity contribution in [3.63, 3.8) is 0 Å². The van der Waals surface area contributed by atoms with Gasteiger partial charge in [-0.25, -0.2) is 9.18 Å². The number of aliphatic carboxylic acids is 2. The number of amides is 1. The highest BCUT2D eigenvalue weighted by Gasteiger charge is 2.38. The van der Waals surface area contributed by atoms with Crippen molar-refractivity contribution in [3.05, 3.63) is 35.5 Å². The second kappa shape index (κ2) is 12.7. The summed E-state index contributed by atoms with van der Waals surface area (Å²) in [5, 5.41) is 21.7. The summed E-state index contributed by atoms with van der Waals surface area (Å²) < 4.78 is 83.9. The highest BCUT2D eigenvalue weighted by atomic mass is 19.4. The Morgan fingerprint density at radius 3 is 2.13 bits per heavy atom. The normalized spacial score (nSPS) is 14.7. The Morgan fingerprint density at radius 2 is 1.64 bits per heavy atom. The SMILES string of the molecule is O=C(O)C(F)(F)F.O=C(O)CC(NC(=O)c1cnc2cc(C(F)(F)F)ccc2c1N1CCNCC1)C(=O)CF. The van der Waals surface area contributed by atoms with E-state index in [4.69, 9.17) is 15.0 Å². The van der Waals surface area contributed by atoms with E-state index in [-0.39, 0.29) is 11.1 Å². The molecule has 0 bridgehead atoms. The van der Waals surface area contributed by atoms with Crippen molar-refractivity contribution in [1.29, 1.82) is 0 Å².